The maximum Gasteiger partial charge on any atom is 0.176 e. The zero-order chi connectivity index (χ0) is 14.8. The summed E-state index contributed by atoms with van der Waals surface area (Å²) in [5.41, 5.74) is 9.24. The molecule has 112 valence electrons. The molecule has 0 amide bonds. The molecule has 0 radical (unpaired) electrons. The van der Waals surface area contributed by atoms with E-state index in [4.69, 9.17) is 11.6 Å². The number of hydrogen-bond donors (Lipinski definition) is 2. The summed E-state index contributed by atoms with van der Waals surface area (Å²) < 4.78 is 0.259. The number of nitrogens with zero attached hydrogens (tertiary/aromatic N) is 3. The van der Waals surface area contributed by atoms with Crippen molar-refractivity contribution in [2.45, 2.75) is 13.3 Å². The van der Waals surface area contributed by atoms with Crippen LogP contribution in [0.25, 0.3) is 0 Å². The van der Waals surface area contributed by atoms with Gasteiger partial charge < -0.3 is 10.6 Å². The van der Waals surface area contributed by atoms with Crippen molar-refractivity contribution in [2.75, 3.05) is 57.5 Å². The summed E-state index contributed by atoms with van der Waals surface area (Å²) in [6.07, 6.45) is 1.22. The normalized spacial score (nSPS) is 17.5. The van der Waals surface area contributed by atoms with Gasteiger partial charge in [0.15, 0.2) is 5.69 Å². The van der Waals surface area contributed by atoms with Crippen molar-refractivity contribution in [1.29, 1.82) is 0 Å². The van der Waals surface area contributed by atoms with Crippen molar-refractivity contribution < 1.29 is 0 Å². The van der Waals surface area contributed by atoms with E-state index in [1.54, 1.807) is 0 Å². The van der Waals surface area contributed by atoms with Gasteiger partial charge >= 0.3 is 0 Å². The van der Waals surface area contributed by atoms with Gasteiger partial charge in [-0.25, -0.2) is 4.59 Å². The van der Waals surface area contributed by atoms with E-state index < -0.39 is 0 Å². The summed E-state index contributed by atoms with van der Waals surface area (Å²) in [5.74, 6) is 6.15. The Balaban J connectivity index is 2.15. The van der Waals surface area contributed by atoms with E-state index in [0.29, 0.717) is 0 Å². The van der Waals surface area contributed by atoms with E-state index in [9.17, 15) is 0 Å². The van der Waals surface area contributed by atoms with E-state index in [-0.39, 0.29) is 4.59 Å². The quantitative estimate of drug-likeness (QED) is 0.376. The summed E-state index contributed by atoms with van der Waals surface area (Å²) in [5, 5.41) is 0. The van der Waals surface area contributed by atoms with Crippen molar-refractivity contribution >= 4 is 17.1 Å². The van der Waals surface area contributed by atoms with Gasteiger partial charge in [0, 0.05) is 32.2 Å². The van der Waals surface area contributed by atoms with Crippen LogP contribution in [0.3, 0.4) is 0 Å². The van der Waals surface area contributed by atoms with Crippen LogP contribution in [-0.4, -0.2) is 51.7 Å². The summed E-state index contributed by atoms with van der Waals surface area (Å²) in [6.45, 7) is 7.71. The lowest BCUT2D eigenvalue weighted by atomic mass is 10.1. The van der Waals surface area contributed by atoms with Crippen molar-refractivity contribution in [3.05, 3.63) is 18.2 Å². The molecule has 0 bridgehead atoms. The van der Waals surface area contributed by atoms with E-state index in [2.05, 4.69) is 22.8 Å². The Morgan fingerprint density at radius 1 is 1.15 bits per heavy atom. The van der Waals surface area contributed by atoms with Crippen molar-refractivity contribution in [3.8, 4) is 0 Å². The largest absolute Gasteiger partial charge is 0.392 e. The monoisotopic (exact) mass is 278 g/mol. The molecule has 1 fully saturated rings. The molecule has 20 heavy (non-hydrogen) atoms. The van der Waals surface area contributed by atoms with E-state index in [1.165, 1.54) is 13.0 Å². The summed E-state index contributed by atoms with van der Waals surface area (Å²) in [7, 11) is 3.88. The highest BCUT2D eigenvalue weighted by Gasteiger charge is 2.24. The van der Waals surface area contributed by atoms with Crippen molar-refractivity contribution in [1.82, 2.24) is 9.49 Å². The van der Waals surface area contributed by atoms with Gasteiger partial charge in [-0.15, -0.1) is 0 Å². The fraction of sp³-hybridized carbons (Fsp3) is 0.600. The molecule has 0 atom stereocenters. The third kappa shape index (κ3) is 3.23. The van der Waals surface area contributed by atoms with Gasteiger partial charge in [-0.2, -0.15) is 5.84 Å². The number of benzene rings is 1. The zero-order valence-electron chi connectivity index (χ0n) is 13.0. The minimum atomic E-state index is 0.259. The Labute approximate surface area is 122 Å². The predicted octanol–water partition coefficient (Wildman–Crippen LogP) is 1.24. The Bertz CT molecular complexity index is 444. The second-order valence-corrected chi connectivity index (χ2v) is 6.08. The molecular weight excluding hydrogens is 250 g/mol. The minimum absolute atomic E-state index is 0.259. The van der Waals surface area contributed by atoms with Crippen molar-refractivity contribution in [2.24, 2.45) is 5.84 Å². The van der Waals surface area contributed by atoms with Gasteiger partial charge in [-0.1, -0.05) is 13.0 Å². The van der Waals surface area contributed by atoms with Crippen molar-refractivity contribution in [3.63, 3.8) is 0 Å². The topological polar surface area (TPSA) is 58.5 Å². The average molecular weight is 278 g/mol. The van der Waals surface area contributed by atoms with Crippen LogP contribution in [0.2, 0.25) is 0 Å². The second-order valence-electron chi connectivity index (χ2n) is 6.08. The predicted molar refractivity (Wildman–Crippen MR) is 87.6 cm³/mol. The number of nitrogens with two attached hydrogens (primary N) is 2. The smallest absolute Gasteiger partial charge is 0.176 e. The first-order valence-electron chi connectivity index (χ1n) is 7.42. The second kappa shape index (κ2) is 5.99. The molecule has 4 N–H and O–H groups in total. The first kappa shape index (κ1) is 15.1. The third-order valence-electron chi connectivity index (χ3n) is 3.93. The molecule has 0 aromatic heterocycles. The van der Waals surface area contributed by atoms with Crippen LogP contribution < -0.4 is 21.1 Å². The molecule has 0 aliphatic carbocycles. The number of anilines is 2. The highest BCUT2D eigenvalue weighted by Crippen LogP contribution is 2.33. The third-order valence-corrected chi connectivity index (χ3v) is 3.93. The molecule has 5 heteroatoms. The average Bonchev–Trinajstić information content (AvgIpc) is 2.39. The SMILES string of the molecule is CCCN1CCN(c2cccc([N+](C)(C)N)c2N)CC1. The number of quaternary nitrogens is 1. The number of piperazine rings is 1. The zero-order valence-corrected chi connectivity index (χ0v) is 13.0. The van der Waals surface area contributed by atoms with Crippen LogP contribution >= 0.6 is 0 Å². The van der Waals surface area contributed by atoms with Gasteiger partial charge in [0.05, 0.1) is 19.8 Å². The first-order chi connectivity index (χ1) is 9.43. The Morgan fingerprint density at radius 2 is 1.80 bits per heavy atom. The van der Waals surface area contributed by atoms with Crippen LogP contribution in [0.1, 0.15) is 13.3 Å². The van der Waals surface area contributed by atoms with Gasteiger partial charge in [-0.05, 0) is 19.0 Å². The van der Waals surface area contributed by atoms with Crippen LogP contribution in [0.5, 0.6) is 0 Å². The van der Waals surface area contributed by atoms with E-state index >= 15 is 0 Å². The molecule has 0 saturated carbocycles. The van der Waals surface area contributed by atoms with E-state index in [0.717, 1.165) is 43.2 Å². The number of nitrogen functional groups attached to an aromatic ring is 1. The molecular formula is C15H28N5+. The molecule has 1 aliphatic heterocycles. The molecule has 0 unspecified atom stereocenters. The molecule has 1 heterocycles. The molecule has 1 saturated heterocycles. The van der Waals surface area contributed by atoms with Gasteiger partial charge in [0.2, 0.25) is 0 Å². The van der Waals surface area contributed by atoms with Crippen LogP contribution in [0, 0.1) is 0 Å². The number of para-hydroxylation sites is 1. The van der Waals surface area contributed by atoms with Crippen LogP contribution in [0.15, 0.2) is 18.2 Å². The Morgan fingerprint density at radius 3 is 2.35 bits per heavy atom. The van der Waals surface area contributed by atoms with E-state index in [1.807, 2.05) is 26.2 Å². The molecule has 1 aliphatic rings. The van der Waals surface area contributed by atoms with Crippen LogP contribution in [-0.2, 0) is 0 Å². The lowest BCUT2D eigenvalue weighted by Crippen LogP contribution is -2.49. The van der Waals surface area contributed by atoms with Crippen LogP contribution in [0.4, 0.5) is 17.1 Å². The highest BCUT2D eigenvalue weighted by molar-refractivity contribution is 5.80. The molecule has 5 nitrogen and oxygen atoms in total. The molecule has 0 spiro atoms. The standard InChI is InChI=1S/C15H28N5/c1-4-8-18-9-11-19(12-10-18)13-6-5-7-14(15(13)16)20(2,3)17/h5-7H,4,8-12,16-17H2,1-3H3/q+1. The maximum atomic E-state index is 6.34. The van der Waals surface area contributed by atoms with Gasteiger partial charge in [0.25, 0.3) is 0 Å². The van der Waals surface area contributed by atoms with Gasteiger partial charge in [-0.3, -0.25) is 4.90 Å². The number of hydrogen-bond acceptors (Lipinski definition) is 4. The molecule has 2 rings (SSSR count). The van der Waals surface area contributed by atoms with Gasteiger partial charge in [0.1, 0.15) is 5.69 Å². The summed E-state index contributed by atoms with van der Waals surface area (Å²) >= 11 is 0. The molecule has 1 aromatic rings. The minimum Gasteiger partial charge on any atom is -0.392 e. The maximum absolute atomic E-state index is 6.34. The summed E-state index contributed by atoms with van der Waals surface area (Å²) in [4.78, 5) is 4.89. The fourth-order valence-corrected chi connectivity index (χ4v) is 2.85. The number of rotatable bonds is 4. The molecule has 1 aromatic carbocycles. The lowest BCUT2D eigenvalue weighted by Gasteiger charge is -2.37. The first-order valence-corrected chi connectivity index (χ1v) is 7.42. The Hall–Kier alpha value is -1.30. The summed E-state index contributed by atoms with van der Waals surface area (Å²) in [6, 6.07) is 6.16. The Kier molecular flexibility index (Phi) is 4.52. The lowest BCUT2D eigenvalue weighted by molar-refractivity contribution is 0.258. The highest BCUT2D eigenvalue weighted by atomic mass is 15.5. The fourth-order valence-electron chi connectivity index (χ4n) is 2.85.